The lowest BCUT2D eigenvalue weighted by molar-refractivity contribution is -0.116. The summed E-state index contributed by atoms with van der Waals surface area (Å²) in [7, 11) is 0. The number of anilines is 2. The number of hydrogen-bond donors (Lipinski definition) is 3. The molecule has 0 atom stereocenters. The van der Waals surface area contributed by atoms with Gasteiger partial charge in [-0.2, -0.15) is 0 Å². The first-order valence-corrected chi connectivity index (χ1v) is 7.65. The summed E-state index contributed by atoms with van der Waals surface area (Å²) < 4.78 is 0. The summed E-state index contributed by atoms with van der Waals surface area (Å²) in [5, 5.41) is 6.07. The highest BCUT2D eigenvalue weighted by Gasteiger charge is 2.04. The third kappa shape index (κ3) is 5.55. The molecule has 0 unspecified atom stereocenters. The van der Waals surface area contributed by atoms with E-state index in [4.69, 9.17) is 5.73 Å². The third-order valence-electron chi connectivity index (χ3n) is 3.56. The van der Waals surface area contributed by atoms with Crippen LogP contribution in [0.2, 0.25) is 0 Å². The minimum Gasteiger partial charge on any atom is -0.370 e. The van der Waals surface area contributed by atoms with Crippen LogP contribution < -0.4 is 16.4 Å². The van der Waals surface area contributed by atoms with E-state index in [9.17, 15) is 4.79 Å². The predicted molar refractivity (Wildman–Crippen MR) is 86.2 cm³/mol. The molecule has 5 nitrogen and oxygen atoms in total. The summed E-state index contributed by atoms with van der Waals surface area (Å²) >= 11 is 0. The maximum atomic E-state index is 11.4. The Hall–Kier alpha value is -1.88. The van der Waals surface area contributed by atoms with Crippen LogP contribution in [0.25, 0.3) is 0 Å². The Balaban J connectivity index is 1.74. The Morgan fingerprint density at radius 2 is 2.24 bits per heavy atom. The van der Waals surface area contributed by atoms with Gasteiger partial charge >= 0.3 is 0 Å². The van der Waals surface area contributed by atoms with Crippen LogP contribution in [-0.2, 0) is 4.79 Å². The summed E-state index contributed by atoms with van der Waals surface area (Å²) in [4.78, 5) is 15.7. The van der Waals surface area contributed by atoms with Crippen LogP contribution in [0.15, 0.2) is 30.0 Å². The second kappa shape index (κ2) is 8.42. The van der Waals surface area contributed by atoms with Gasteiger partial charge in [0.05, 0.1) is 11.9 Å². The summed E-state index contributed by atoms with van der Waals surface area (Å²) in [5.74, 6) is 0.757. The largest absolute Gasteiger partial charge is 0.370 e. The molecule has 0 saturated heterocycles. The SMILES string of the molecule is NCCC(=O)Nc1ccc(NCCC2=CCCCC2)nc1. The lowest BCUT2D eigenvalue weighted by Crippen LogP contribution is -2.16. The summed E-state index contributed by atoms with van der Waals surface area (Å²) in [6.07, 6.45) is 10.6. The van der Waals surface area contributed by atoms with Crippen molar-refractivity contribution >= 4 is 17.4 Å². The van der Waals surface area contributed by atoms with E-state index in [2.05, 4.69) is 21.7 Å². The molecule has 1 aliphatic carbocycles. The van der Waals surface area contributed by atoms with Crippen LogP contribution >= 0.6 is 0 Å². The smallest absolute Gasteiger partial charge is 0.225 e. The minimum absolute atomic E-state index is 0.0794. The zero-order chi connectivity index (χ0) is 14.9. The standard InChI is InChI=1S/C16H24N4O/c17-10-8-16(21)20-14-6-7-15(19-12-14)18-11-9-13-4-2-1-3-5-13/h4,6-7,12H,1-3,5,8-11,17H2,(H,18,19)(H,20,21). The van der Waals surface area contributed by atoms with Crippen LogP contribution in [0.3, 0.4) is 0 Å². The number of hydrogen-bond acceptors (Lipinski definition) is 4. The highest BCUT2D eigenvalue weighted by molar-refractivity contribution is 5.90. The van der Waals surface area contributed by atoms with E-state index in [0.717, 1.165) is 18.8 Å². The van der Waals surface area contributed by atoms with Crippen molar-refractivity contribution in [1.82, 2.24) is 4.98 Å². The Bertz CT molecular complexity index is 482. The second-order valence-corrected chi connectivity index (χ2v) is 5.30. The van der Waals surface area contributed by atoms with E-state index in [-0.39, 0.29) is 5.91 Å². The van der Waals surface area contributed by atoms with E-state index >= 15 is 0 Å². The molecular formula is C16H24N4O. The minimum atomic E-state index is -0.0794. The Morgan fingerprint density at radius 1 is 1.33 bits per heavy atom. The van der Waals surface area contributed by atoms with Crippen LogP contribution in [0.4, 0.5) is 11.5 Å². The molecule has 4 N–H and O–H groups in total. The van der Waals surface area contributed by atoms with E-state index in [0.29, 0.717) is 18.7 Å². The van der Waals surface area contributed by atoms with E-state index in [1.54, 1.807) is 11.8 Å². The Labute approximate surface area is 126 Å². The predicted octanol–water partition coefficient (Wildman–Crippen LogP) is 2.67. The molecule has 1 aliphatic rings. The first-order chi connectivity index (χ1) is 10.3. The Kier molecular flexibility index (Phi) is 6.22. The number of pyridine rings is 1. The van der Waals surface area contributed by atoms with Gasteiger partial charge in [0.2, 0.25) is 5.91 Å². The molecular weight excluding hydrogens is 264 g/mol. The number of aromatic nitrogens is 1. The third-order valence-corrected chi connectivity index (χ3v) is 3.56. The molecule has 0 bridgehead atoms. The van der Waals surface area contributed by atoms with Gasteiger partial charge in [-0.15, -0.1) is 0 Å². The van der Waals surface area contributed by atoms with Crippen molar-refractivity contribution < 1.29 is 4.79 Å². The summed E-state index contributed by atoms with van der Waals surface area (Å²) in [6, 6.07) is 3.73. The molecule has 1 aromatic heterocycles. The zero-order valence-corrected chi connectivity index (χ0v) is 12.4. The first-order valence-electron chi connectivity index (χ1n) is 7.65. The fourth-order valence-electron chi connectivity index (χ4n) is 2.41. The van der Waals surface area contributed by atoms with Gasteiger partial charge in [-0.3, -0.25) is 4.79 Å². The van der Waals surface area contributed by atoms with Crippen molar-refractivity contribution in [3.05, 3.63) is 30.0 Å². The molecule has 21 heavy (non-hydrogen) atoms. The highest BCUT2D eigenvalue weighted by atomic mass is 16.1. The lowest BCUT2D eigenvalue weighted by atomic mass is 9.97. The summed E-state index contributed by atoms with van der Waals surface area (Å²) in [6.45, 7) is 1.26. The number of nitrogens with one attached hydrogen (secondary N) is 2. The van der Waals surface area contributed by atoms with Gasteiger partial charge in [-0.05, 0) is 44.2 Å². The fraction of sp³-hybridized carbons (Fsp3) is 0.500. The van der Waals surface area contributed by atoms with Crippen LogP contribution in [-0.4, -0.2) is 24.0 Å². The molecule has 0 spiro atoms. The molecule has 5 heteroatoms. The summed E-state index contributed by atoms with van der Waals surface area (Å²) in [5.41, 5.74) is 7.59. The maximum absolute atomic E-state index is 11.4. The van der Waals surface area contributed by atoms with Crippen molar-refractivity contribution in [2.24, 2.45) is 5.73 Å². The monoisotopic (exact) mass is 288 g/mol. The molecule has 0 saturated carbocycles. The second-order valence-electron chi connectivity index (χ2n) is 5.30. The highest BCUT2D eigenvalue weighted by Crippen LogP contribution is 2.20. The number of nitrogens with two attached hydrogens (primary N) is 1. The molecule has 1 aromatic rings. The van der Waals surface area contributed by atoms with Crippen molar-refractivity contribution in [1.29, 1.82) is 0 Å². The van der Waals surface area contributed by atoms with Gasteiger partial charge in [0.1, 0.15) is 5.82 Å². The number of rotatable bonds is 7. The fourth-order valence-corrected chi connectivity index (χ4v) is 2.41. The zero-order valence-electron chi connectivity index (χ0n) is 12.4. The van der Waals surface area contributed by atoms with Gasteiger partial charge in [-0.1, -0.05) is 11.6 Å². The topological polar surface area (TPSA) is 80.0 Å². The van der Waals surface area contributed by atoms with Gasteiger partial charge in [0.25, 0.3) is 0 Å². The average molecular weight is 288 g/mol. The van der Waals surface area contributed by atoms with Gasteiger partial charge < -0.3 is 16.4 Å². The molecule has 114 valence electrons. The van der Waals surface area contributed by atoms with E-state index < -0.39 is 0 Å². The van der Waals surface area contributed by atoms with Crippen LogP contribution in [0, 0.1) is 0 Å². The molecule has 0 radical (unpaired) electrons. The molecule has 0 fully saturated rings. The van der Waals surface area contributed by atoms with Crippen molar-refractivity contribution in [3.63, 3.8) is 0 Å². The normalized spacial score (nSPS) is 14.4. The average Bonchev–Trinajstić information content (AvgIpc) is 2.50. The number of amides is 1. The van der Waals surface area contributed by atoms with Crippen LogP contribution in [0.5, 0.6) is 0 Å². The van der Waals surface area contributed by atoms with Gasteiger partial charge in [0.15, 0.2) is 0 Å². The van der Waals surface area contributed by atoms with Crippen molar-refractivity contribution in [3.8, 4) is 0 Å². The quantitative estimate of drug-likeness (QED) is 0.674. The number of carbonyl (C=O) groups excluding carboxylic acids is 1. The van der Waals surface area contributed by atoms with Crippen LogP contribution in [0.1, 0.15) is 38.5 Å². The van der Waals surface area contributed by atoms with Crippen molar-refractivity contribution in [2.45, 2.75) is 38.5 Å². The van der Waals surface area contributed by atoms with E-state index in [1.807, 2.05) is 12.1 Å². The van der Waals surface area contributed by atoms with Gasteiger partial charge in [-0.25, -0.2) is 4.98 Å². The molecule has 1 heterocycles. The number of allylic oxidation sites excluding steroid dienone is 1. The lowest BCUT2D eigenvalue weighted by Gasteiger charge is -2.13. The molecule has 2 rings (SSSR count). The first kappa shape index (κ1) is 15.5. The van der Waals surface area contributed by atoms with Gasteiger partial charge in [0, 0.05) is 19.5 Å². The maximum Gasteiger partial charge on any atom is 0.225 e. The molecule has 0 aromatic carbocycles. The number of carbonyl (C=O) groups is 1. The molecule has 0 aliphatic heterocycles. The number of nitrogens with zero attached hydrogens (tertiary/aromatic N) is 1. The Morgan fingerprint density at radius 3 is 2.90 bits per heavy atom. The molecule has 1 amide bonds. The van der Waals surface area contributed by atoms with E-state index in [1.165, 1.54) is 25.7 Å². The van der Waals surface area contributed by atoms with Crippen molar-refractivity contribution in [2.75, 3.05) is 23.7 Å².